The van der Waals surface area contributed by atoms with E-state index in [1.807, 2.05) is 0 Å². The number of aliphatic hydroxyl groups excluding tert-OH is 1. The van der Waals surface area contributed by atoms with E-state index in [-0.39, 0.29) is 42.7 Å². The summed E-state index contributed by atoms with van der Waals surface area (Å²) in [5.41, 5.74) is 2.08. The Morgan fingerprint density at radius 1 is 1.03 bits per heavy atom. The normalized spacial score (nSPS) is 12.7. The maximum absolute atomic E-state index is 14.4. The summed E-state index contributed by atoms with van der Waals surface area (Å²) in [6.07, 6.45) is 2.80. The summed E-state index contributed by atoms with van der Waals surface area (Å²) in [6, 6.07) is 13.5. The first-order valence-corrected chi connectivity index (χ1v) is 10.5. The number of para-hydroxylation sites is 2. The second-order valence-corrected chi connectivity index (χ2v) is 7.51. The van der Waals surface area contributed by atoms with Gasteiger partial charge in [-0.15, -0.1) is 0 Å². The molecule has 9 nitrogen and oxygen atoms in total. The van der Waals surface area contributed by atoms with Crippen molar-refractivity contribution in [2.24, 2.45) is 5.92 Å². The highest BCUT2D eigenvalue weighted by molar-refractivity contribution is 5.97. The molecule has 0 unspecified atom stereocenters. The first kappa shape index (κ1) is 22.2. The van der Waals surface area contributed by atoms with Crippen molar-refractivity contribution < 1.29 is 19.1 Å². The third kappa shape index (κ3) is 5.80. The lowest BCUT2D eigenvalue weighted by Gasteiger charge is -2.14. The van der Waals surface area contributed by atoms with Crippen LogP contribution in [0.5, 0.6) is 0 Å². The number of aliphatic hydroxyl groups is 1. The molecule has 4 rings (SSSR count). The van der Waals surface area contributed by atoms with Crippen molar-refractivity contribution >= 4 is 40.6 Å². The number of nitrogens with zero attached hydrogens (tertiary/aromatic N) is 2. The highest BCUT2D eigenvalue weighted by Gasteiger charge is 2.30. The predicted molar refractivity (Wildman–Crippen MR) is 122 cm³/mol. The Kier molecular flexibility index (Phi) is 6.75. The average molecular weight is 450 g/mol. The molecule has 0 aliphatic heterocycles. The minimum Gasteiger partial charge on any atom is -0.395 e. The first-order chi connectivity index (χ1) is 16.0. The highest BCUT2D eigenvalue weighted by atomic mass is 19.1. The van der Waals surface area contributed by atoms with Gasteiger partial charge in [-0.05, 0) is 49.2 Å². The van der Waals surface area contributed by atoms with Crippen molar-refractivity contribution in [3.05, 3.63) is 66.1 Å². The number of amides is 2. The molecule has 0 spiro atoms. The smallest absolute Gasteiger partial charge is 0.251 e. The molecule has 1 saturated carbocycles. The van der Waals surface area contributed by atoms with Crippen LogP contribution in [0.4, 0.5) is 33.2 Å². The van der Waals surface area contributed by atoms with Gasteiger partial charge in [0, 0.05) is 23.7 Å². The van der Waals surface area contributed by atoms with E-state index in [1.165, 1.54) is 0 Å². The number of halogens is 1. The zero-order valence-corrected chi connectivity index (χ0v) is 17.6. The number of carbonyl (C=O) groups is 2. The van der Waals surface area contributed by atoms with Gasteiger partial charge in [0.2, 0.25) is 11.9 Å². The van der Waals surface area contributed by atoms with E-state index in [2.05, 4.69) is 31.2 Å². The molecular weight excluding hydrogens is 427 g/mol. The second kappa shape index (κ2) is 10.0. The van der Waals surface area contributed by atoms with Crippen LogP contribution < -0.4 is 21.3 Å². The monoisotopic (exact) mass is 450 g/mol. The fourth-order valence-corrected chi connectivity index (χ4v) is 3.03. The molecule has 1 aliphatic carbocycles. The highest BCUT2D eigenvalue weighted by Crippen LogP contribution is 2.32. The first-order valence-electron chi connectivity index (χ1n) is 10.5. The maximum Gasteiger partial charge on any atom is 0.251 e. The molecule has 10 heteroatoms. The number of benzene rings is 2. The number of anilines is 5. The molecule has 0 atom stereocenters. The summed E-state index contributed by atoms with van der Waals surface area (Å²) in [4.78, 5) is 32.2. The number of rotatable bonds is 9. The van der Waals surface area contributed by atoms with Crippen molar-refractivity contribution in [1.82, 2.24) is 15.3 Å². The van der Waals surface area contributed by atoms with Crippen molar-refractivity contribution in [2.75, 3.05) is 29.1 Å². The van der Waals surface area contributed by atoms with Gasteiger partial charge >= 0.3 is 0 Å². The van der Waals surface area contributed by atoms with Crippen molar-refractivity contribution in [1.29, 1.82) is 0 Å². The molecule has 1 heterocycles. The molecule has 1 aliphatic rings. The zero-order chi connectivity index (χ0) is 23.2. The summed E-state index contributed by atoms with van der Waals surface area (Å²) in [6.45, 7) is 0.0342. The number of nitrogens with one attached hydrogen (secondary N) is 4. The van der Waals surface area contributed by atoms with Crippen LogP contribution in [0.25, 0.3) is 0 Å². The van der Waals surface area contributed by atoms with Gasteiger partial charge in [0.25, 0.3) is 5.91 Å². The predicted octanol–water partition coefficient (Wildman–Crippen LogP) is 3.17. The van der Waals surface area contributed by atoms with E-state index < -0.39 is 5.82 Å². The minimum atomic E-state index is -0.653. The Morgan fingerprint density at radius 2 is 1.76 bits per heavy atom. The number of aromatic nitrogens is 2. The van der Waals surface area contributed by atoms with E-state index in [9.17, 15) is 14.0 Å². The van der Waals surface area contributed by atoms with Crippen LogP contribution in [-0.2, 0) is 4.79 Å². The Labute approximate surface area is 189 Å². The van der Waals surface area contributed by atoms with Crippen LogP contribution in [-0.4, -0.2) is 40.0 Å². The quantitative estimate of drug-likeness (QED) is 0.339. The largest absolute Gasteiger partial charge is 0.395 e. The van der Waals surface area contributed by atoms with Crippen LogP contribution >= 0.6 is 0 Å². The average Bonchev–Trinajstić information content (AvgIpc) is 3.67. The number of hydrogen-bond acceptors (Lipinski definition) is 7. The van der Waals surface area contributed by atoms with Crippen LogP contribution in [0.3, 0.4) is 0 Å². The molecule has 33 heavy (non-hydrogen) atoms. The van der Waals surface area contributed by atoms with E-state index in [0.717, 1.165) is 19.0 Å². The fraction of sp³-hybridized carbons (Fsp3) is 0.217. The molecule has 2 aromatic carbocycles. The third-order valence-electron chi connectivity index (χ3n) is 4.93. The van der Waals surface area contributed by atoms with Gasteiger partial charge in [-0.2, -0.15) is 4.98 Å². The molecule has 5 N–H and O–H groups in total. The van der Waals surface area contributed by atoms with Crippen molar-refractivity contribution in [3.8, 4) is 0 Å². The lowest BCUT2D eigenvalue weighted by molar-refractivity contribution is -0.117. The topological polar surface area (TPSA) is 128 Å². The van der Waals surface area contributed by atoms with E-state index in [1.54, 1.807) is 48.5 Å². The fourth-order valence-electron chi connectivity index (χ4n) is 3.03. The molecule has 1 fully saturated rings. The van der Waals surface area contributed by atoms with Gasteiger partial charge in [-0.3, -0.25) is 9.59 Å². The SMILES string of the molecule is O=C(NCCO)c1ccc(Nc2ncc(F)c(Nc3ccccc3NC(=O)C3CC3)n2)cc1. The molecule has 3 aromatic rings. The second-order valence-electron chi connectivity index (χ2n) is 7.51. The van der Waals surface area contributed by atoms with E-state index in [4.69, 9.17) is 5.11 Å². The molecule has 0 radical (unpaired) electrons. The van der Waals surface area contributed by atoms with Gasteiger partial charge in [0.1, 0.15) is 0 Å². The van der Waals surface area contributed by atoms with Gasteiger partial charge < -0.3 is 26.4 Å². The van der Waals surface area contributed by atoms with Gasteiger partial charge in [0.05, 0.1) is 24.2 Å². The molecule has 1 aromatic heterocycles. The summed E-state index contributed by atoms with van der Waals surface area (Å²) in [5, 5.41) is 20.1. The number of carbonyl (C=O) groups excluding carboxylic acids is 2. The third-order valence-corrected chi connectivity index (χ3v) is 4.93. The Bertz CT molecular complexity index is 1150. The van der Waals surface area contributed by atoms with Crippen molar-refractivity contribution in [2.45, 2.75) is 12.8 Å². The molecule has 2 amide bonds. The van der Waals surface area contributed by atoms with Crippen LogP contribution in [0.15, 0.2) is 54.7 Å². The molecular formula is C23H23FN6O3. The Balaban J connectivity index is 1.46. The van der Waals surface area contributed by atoms with Crippen LogP contribution in [0.1, 0.15) is 23.2 Å². The molecule has 0 saturated heterocycles. The lowest BCUT2D eigenvalue weighted by Crippen LogP contribution is -2.26. The van der Waals surface area contributed by atoms with Crippen LogP contribution in [0.2, 0.25) is 0 Å². The summed E-state index contributed by atoms with van der Waals surface area (Å²) < 4.78 is 14.4. The Hall–Kier alpha value is -4.05. The van der Waals surface area contributed by atoms with E-state index in [0.29, 0.717) is 22.6 Å². The summed E-state index contributed by atoms with van der Waals surface area (Å²) in [7, 11) is 0. The van der Waals surface area contributed by atoms with E-state index >= 15 is 0 Å². The minimum absolute atomic E-state index is 0.0387. The lowest BCUT2D eigenvalue weighted by atomic mass is 10.2. The maximum atomic E-state index is 14.4. The standard InChI is InChI=1S/C23H23FN6O3/c24-17-13-26-23(27-16-9-7-14(8-10-16)21(32)25-11-12-31)30-20(17)28-18-3-1-2-4-19(18)29-22(33)15-5-6-15/h1-4,7-10,13,15,31H,5-6,11-12H2,(H,25,32)(H,29,33)(H2,26,27,28,30). The molecule has 0 bridgehead atoms. The Morgan fingerprint density at radius 3 is 2.45 bits per heavy atom. The van der Waals surface area contributed by atoms with Crippen molar-refractivity contribution in [3.63, 3.8) is 0 Å². The zero-order valence-electron chi connectivity index (χ0n) is 17.6. The number of hydrogen-bond donors (Lipinski definition) is 5. The van der Waals surface area contributed by atoms with Gasteiger partial charge in [-0.1, -0.05) is 12.1 Å². The van der Waals surface area contributed by atoms with Gasteiger partial charge in [-0.25, -0.2) is 9.37 Å². The van der Waals surface area contributed by atoms with Gasteiger partial charge in [0.15, 0.2) is 11.6 Å². The summed E-state index contributed by atoms with van der Waals surface area (Å²) in [5.74, 6) is -0.871. The molecule has 170 valence electrons. The van der Waals surface area contributed by atoms with Crippen LogP contribution in [0, 0.1) is 11.7 Å². The summed E-state index contributed by atoms with van der Waals surface area (Å²) >= 11 is 0.